The van der Waals surface area contributed by atoms with E-state index in [1.54, 1.807) is 0 Å². The monoisotopic (exact) mass is 1030 g/mol. The lowest BCUT2D eigenvalue weighted by molar-refractivity contribution is -0.167. The van der Waals surface area contributed by atoms with Crippen LogP contribution in [0.5, 0.6) is 0 Å². The van der Waals surface area contributed by atoms with Crippen molar-refractivity contribution in [3.63, 3.8) is 0 Å². The highest BCUT2D eigenvalue weighted by molar-refractivity contribution is 5.71. The number of carbonyl (C=O) groups is 3. The van der Waals surface area contributed by atoms with Gasteiger partial charge in [-0.25, -0.2) is 0 Å². The third kappa shape index (κ3) is 59.7. The van der Waals surface area contributed by atoms with E-state index in [2.05, 4.69) is 93.7 Å². The SMILES string of the molecule is CCCCC/C=C\C/C=C\C/C=C\CCCCCCCCC(=O)OC(COC(=O)CCCCCCCCCCCC/C=C\C/C=C\C/C=C\CCCCCCC)COC(=O)CCCCCCCCCCCCCC. The first-order chi connectivity index (χ1) is 36.5. The lowest BCUT2D eigenvalue weighted by atomic mass is 10.0. The first kappa shape index (κ1) is 70.8. The second kappa shape index (κ2) is 62.4. The Labute approximate surface area is 459 Å². The summed E-state index contributed by atoms with van der Waals surface area (Å²) in [6.07, 6.45) is 80.4. The van der Waals surface area contributed by atoms with E-state index in [1.165, 1.54) is 186 Å². The highest BCUT2D eigenvalue weighted by Crippen LogP contribution is 2.16. The fourth-order valence-corrected chi connectivity index (χ4v) is 9.11. The molecule has 0 aliphatic rings. The molecule has 0 aromatic heterocycles. The quantitative estimate of drug-likeness (QED) is 0.0261. The van der Waals surface area contributed by atoms with E-state index in [4.69, 9.17) is 14.2 Å². The summed E-state index contributed by atoms with van der Waals surface area (Å²) >= 11 is 0. The Morgan fingerprint density at radius 3 is 0.784 bits per heavy atom. The van der Waals surface area contributed by atoms with Crippen molar-refractivity contribution in [1.82, 2.24) is 0 Å². The summed E-state index contributed by atoms with van der Waals surface area (Å²) in [5.41, 5.74) is 0. The summed E-state index contributed by atoms with van der Waals surface area (Å²) in [6, 6.07) is 0. The Morgan fingerprint density at radius 2 is 0.486 bits per heavy atom. The van der Waals surface area contributed by atoms with Gasteiger partial charge in [-0.2, -0.15) is 0 Å². The van der Waals surface area contributed by atoms with E-state index < -0.39 is 6.10 Å². The second-order valence-corrected chi connectivity index (χ2v) is 21.3. The summed E-state index contributed by atoms with van der Waals surface area (Å²) in [4.78, 5) is 38.3. The number of rotatable bonds is 58. The normalized spacial score (nSPS) is 12.5. The maximum Gasteiger partial charge on any atom is 0.306 e. The van der Waals surface area contributed by atoms with Gasteiger partial charge in [0.1, 0.15) is 13.2 Å². The molecule has 0 aromatic carbocycles. The van der Waals surface area contributed by atoms with Gasteiger partial charge < -0.3 is 14.2 Å². The van der Waals surface area contributed by atoms with Crippen LogP contribution in [-0.2, 0) is 28.6 Å². The molecule has 0 saturated carbocycles. The molecule has 0 heterocycles. The molecule has 0 bridgehead atoms. The zero-order valence-electron chi connectivity index (χ0n) is 49.1. The van der Waals surface area contributed by atoms with Crippen molar-refractivity contribution in [1.29, 1.82) is 0 Å². The predicted molar refractivity (Wildman–Crippen MR) is 321 cm³/mol. The average molecular weight is 1030 g/mol. The van der Waals surface area contributed by atoms with Crippen molar-refractivity contribution in [2.45, 2.75) is 329 Å². The molecule has 6 nitrogen and oxygen atoms in total. The van der Waals surface area contributed by atoms with Crippen LogP contribution in [0, 0.1) is 0 Å². The minimum absolute atomic E-state index is 0.0793. The van der Waals surface area contributed by atoms with Crippen LogP contribution < -0.4 is 0 Å². The van der Waals surface area contributed by atoms with Gasteiger partial charge in [-0.3, -0.25) is 14.4 Å². The molecule has 0 fully saturated rings. The molecule has 0 saturated heterocycles. The van der Waals surface area contributed by atoms with Gasteiger partial charge in [0.15, 0.2) is 6.10 Å². The molecular formula is C68H120O6. The van der Waals surface area contributed by atoms with Gasteiger partial charge in [0.25, 0.3) is 0 Å². The van der Waals surface area contributed by atoms with E-state index in [-0.39, 0.29) is 31.1 Å². The van der Waals surface area contributed by atoms with Gasteiger partial charge in [-0.05, 0) is 96.3 Å². The van der Waals surface area contributed by atoms with Crippen LogP contribution in [0.2, 0.25) is 0 Å². The topological polar surface area (TPSA) is 78.9 Å². The van der Waals surface area contributed by atoms with Crippen molar-refractivity contribution in [3.05, 3.63) is 72.9 Å². The third-order valence-corrected chi connectivity index (χ3v) is 13.9. The van der Waals surface area contributed by atoms with Crippen LogP contribution in [0.4, 0.5) is 0 Å². The van der Waals surface area contributed by atoms with Crippen molar-refractivity contribution in [2.75, 3.05) is 13.2 Å². The lowest BCUT2D eigenvalue weighted by Gasteiger charge is -2.18. The largest absolute Gasteiger partial charge is 0.462 e. The molecule has 74 heavy (non-hydrogen) atoms. The van der Waals surface area contributed by atoms with E-state index in [0.717, 1.165) is 96.3 Å². The summed E-state index contributed by atoms with van der Waals surface area (Å²) < 4.78 is 16.9. The van der Waals surface area contributed by atoms with Crippen LogP contribution in [0.1, 0.15) is 323 Å². The molecule has 0 radical (unpaired) electrons. The van der Waals surface area contributed by atoms with Gasteiger partial charge in [-0.1, -0.05) is 280 Å². The Hall–Kier alpha value is -3.15. The van der Waals surface area contributed by atoms with Crippen LogP contribution in [0.25, 0.3) is 0 Å². The van der Waals surface area contributed by atoms with Gasteiger partial charge in [-0.15, -0.1) is 0 Å². The molecule has 1 atom stereocenters. The van der Waals surface area contributed by atoms with E-state index in [9.17, 15) is 14.4 Å². The predicted octanol–water partition coefficient (Wildman–Crippen LogP) is 21.7. The molecule has 0 rings (SSSR count). The maximum absolute atomic E-state index is 12.9. The Kier molecular flexibility index (Phi) is 59.7. The van der Waals surface area contributed by atoms with Crippen LogP contribution >= 0.6 is 0 Å². The molecule has 6 heteroatoms. The fourth-order valence-electron chi connectivity index (χ4n) is 9.11. The van der Waals surface area contributed by atoms with Gasteiger partial charge >= 0.3 is 17.9 Å². The van der Waals surface area contributed by atoms with Crippen molar-refractivity contribution >= 4 is 17.9 Å². The third-order valence-electron chi connectivity index (χ3n) is 13.9. The number of carbonyl (C=O) groups excluding carboxylic acids is 3. The molecule has 428 valence electrons. The standard InChI is InChI=1S/C68H120O6/c1-4-7-10-13-16-19-22-25-27-29-31-32-33-34-35-36-38-39-41-43-46-49-52-55-58-61-67(70)73-64-65(63-72-66(69)60-57-54-51-48-45-24-21-18-15-12-9-6-3)74-68(71)62-59-56-53-50-47-44-42-40-37-30-28-26-23-20-17-14-11-8-5-2/h17,20,22,25-26,28-29,31,33-34,37,40,65H,4-16,18-19,21,23-24,27,30,32,35-36,38-39,41-64H2,1-3H3/b20-17-,25-22-,28-26-,31-29-,34-33-,40-37-. The number of unbranched alkanes of at least 4 members (excludes halogenated alkanes) is 35. The second-order valence-electron chi connectivity index (χ2n) is 21.3. The molecule has 0 amide bonds. The van der Waals surface area contributed by atoms with E-state index >= 15 is 0 Å². The zero-order valence-corrected chi connectivity index (χ0v) is 49.1. The molecule has 0 aliphatic carbocycles. The maximum atomic E-state index is 12.9. The molecule has 0 N–H and O–H groups in total. The number of hydrogen-bond acceptors (Lipinski definition) is 6. The number of esters is 3. The number of hydrogen-bond donors (Lipinski definition) is 0. The molecule has 0 aliphatic heterocycles. The first-order valence-corrected chi connectivity index (χ1v) is 31.9. The molecule has 0 aromatic rings. The van der Waals surface area contributed by atoms with Gasteiger partial charge in [0.05, 0.1) is 0 Å². The molecular weight excluding hydrogens is 913 g/mol. The van der Waals surface area contributed by atoms with E-state index in [0.29, 0.717) is 19.3 Å². The first-order valence-electron chi connectivity index (χ1n) is 31.9. The smallest absolute Gasteiger partial charge is 0.306 e. The summed E-state index contributed by atoms with van der Waals surface area (Å²) in [5.74, 6) is -0.883. The Bertz CT molecular complexity index is 1370. The van der Waals surface area contributed by atoms with Crippen molar-refractivity contribution in [2.24, 2.45) is 0 Å². The Balaban J connectivity index is 4.31. The van der Waals surface area contributed by atoms with Crippen molar-refractivity contribution < 1.29 is 28.6 Å². The van der Waals surface area contributed by atoms with Crippen LogP contribution in [0.15, 0.2) is 72.9 Å². The molecule has 1 unspecified atom stereocenters. The summed E-state index contributed by atoms with van der Waals surface area (Å²) in [7, 11) is 0. The van der Waals surface area contributed by atoms with Crippen molar-refractivity contribution in [3.8, 4) is 0 Å². The highest BCUT2D eigenvalue weighted by Gasteiger charge is 2.19. The number of ether oxygens (including phenoxy) is 3. The van der Waals surface area contributed by atoms with Crippen LogP contribution in [0.3, 0.4) is 0 Å². The average Bonchev–Trinajstić information content (AvgIpc) is 3.40. The number of allylic oxidation sites excluding steroid dienone is 12. The minimum atomic E-state index is -0.783. The highest BCUT2D eigenvalue weighted by atomic mass is 16.6. The lowest BCUT2D eigenvalue weighted by Crippen LogP contribution is -2.30. The summed E-state index contributed by atoms with van der Waals surface area (Å²) in [6.45, 7) is 6.62. The van der Waals surface area contributed by atoms with E-state index in [1.807, 2.05) is 0 Å². The Morgan fingerprint density at radius 1 is 0.270 bits per heavy atom. The fraction of sp³-hybridized carbons (Fsp3) is 0.779. The minimum Gasteiger partial charge on any atom is -0.462 e. The zero-order chi connectivity index (χ0) is 53.6. The van der Waals surface area contributed by atoms with Gasteiger partial charge in [0, 0.05) is 19.3 Å². The van der Waals surface area contributed by atoms with Gasteiger partial charge in [0.2, 0.25) is 0 Å². The molecule has 0 spiro atoms. The summed E-state index contributed by atoms with van der Waals surface area (Å²) in [5, 5.41) is 0. The van der Waals surface area contributed by atoms with Crippen LogP contribution in [-0.4, -0.2) is 37.2 Å².